The van der Waals surface area contributed by atoms with E-state index in [0.717, 1.165) is 18.3 Å². The van der Waals surface area contributed by atoms with E-state index < -0.39 is 8.07 Å². The fourth-order valence-electron chi connectivity index (χ4n) is 1.14. The first kappa shape index (κ1) is 15.3. The van der Waals surface area contributed by atoms with Gasteiger partial charge < -0.3 is 14.4 Å². The van der Waals surface area contributed by atoms with Crippen molar-refractivity contribution in [2.45, 2.75) is 46.4 Å². The van der Waals surface area contributed by atoms with E-state index in [0.29, 0.717) is 6.73 Å². The molecule has 0 aromatic carbocycles. The molecule has 0 fully saturated rings. The SMILES string of the molecule is C.C[Si](C)(C)CCOCn1cncc1CO. The Morgan fingerprint density at radius 1 is 1.44 bits per heavy atom. The van der Waals surface area contributed by atoms with Gasteiger partial charge in [0.25, 0.3) is 0 Å². The minimum Gasteiger partial charge on any atom is -0.390 e. The van der Waals surface area contributed by atoms with Gasteiger partial charge in [-0.3, -0.25) is 0 Å². The molecule has 1 aromatic heterocycles. The Morgan fingerprint density at radius 3 is 2.69 bits per heavy atom. The third-order valence-corrected chi connectivity index (χ3v) is 3.89. The zero-order chi connectivity index (χ0) is 11.3. The lowest BCUT2D eigenvalue weighted by Crippen LogP contribution is -2.22. The van der Waals surface area contributed by atoms with Gasteiger partial charge in [0.2, 0.25) is 0 Å². The van der Waals surface area contributed by atoms with E-state index in [4.69, 9.17) is 9.84 Å². The summed E-state index contributed by atoms with van der Waals surface area (Å²) in [6, 6.07) is 1.16. The summed E-state index contributed by atoms with van der Waals surface area (Å²) in [4.78, 5) is 3.95. The van der Waals surface area contributed by atoms with E-state index in [2.05, 4.69) is 24.6 Å². The lowest BCUT2D eigenvalue weighted by molar-refractivity contribution is 0.0822. The molecule has 0 unspecified atom stereocenters. The highest BCUT2D eigenvalue weighted by Crippen LogP contribution is 2.08. The van der Waals surface area contributed by atoms with Crippen LogP contribution in [0.2, 0.25) is 25.7 Å². The smallest absolute Gasteiger partial charge is 0.124 e. The van der Waals surface area contributed by atoms with Crippen molar-refractivity contribution in [1.29, 1.82) is 0 Å². The fraction of sp³-hybridized carbons (Fsp3) is 0.727. The molecule has 0 amide bonds. The van der Waals surface area contributed by atoms with Crippen molar-refractivity contribution in [3.05, 3.63) is 18.2 Å². The van der Waals surface area contributed by atoms with Gasteiger partial charge in [-0.05, 0) is 6.04 Å². The van der Waals surface area contributed by atoms with Crippen molar-refractivity contribution in [2.75, 3.05) is 6.61 Å². The number of aliphatic hydroxyl groups excluding tert-OH is 1. The Bertz CT molecular complexity index is 294. The van der Waals surface area contributed by atoms with Crippen LogP contribution in [0.3, 0.4) is 0 Å². The van der Waals surface area contributed by atoms with Gasteiger partial charge in [0.15, 0.2) is 0 Å². The van der Waals surface area contributed by atoms with Gasteiger partial charge >= 0.3 is 0 Å². The summed E-state index contributed by atoms with van der Waals surface area (Å²) in [6.07, 6.45) is 3.34. The highest BCUT2D eigenvalue weighted by Gasteiger charge is 2.12. The standard InChI is InChI=1S/C10H20N2O2Si.CH4/c1-15(2,3)5-4-14-9-12-8-11-6-10(12)7-13;/h6,8,13H,4-5,7,9H2,1-3H3;1H4. The minimum absolute atomic E-state index is 0. The topological polar surface area (TPSA) is 47.3 Å². The lowest BCUT2D eigenvalue weighted by Gasteiger charge is -2.15. The Hall–Kier alpha value is -0.653. The van der Waals surface area contributed by atoms with Crippen molar-refractivity contribution in [2.24, 2.45) is 0 Å². The van der Waals surface area contributed by atoms with E-state index in [-0.39, 0.29) is 14.0 Å². The Balaban J connectivity index is 0.00000225. The summed E-state index contributed by atoms with van der Waals surface area (Å²) in [6.45, 7) is 8.27. The number of ether oxygens (including phenoxy) is 1. The number of nitrogens with zero attached hydrogens (tertiary/aromatic N) is 2. The van der Waals surface area contributed by atoms with Crippen molar-refractivity contribution in [3.63, 3.8) is 0 Å². The van der Waals surface area contributed by atoms with E-state index in [1.165, 1.54) is 0 Å². The van der Waals surface area contributed by atoms with Crippen LogP contribution in [-0.4, -0.2) is 29.3 Å². The molecular formula is C11H24N2O2Si. The minimum atomic E-state index is -1.00. The van der Waals surface area contributed by atoms with Gasteiger partial charge in [0.05, 0.1) is 24.8 Å². The molecule has 0 radical (unpaired) electrons. The van der Waals surface area contributed by atoms with Crippen LogP contribution in [0.15, 0.2) is 12.5 Å². The molecule has 0 saturated carbocycles. The molecule has 0 saturated heterocycles. The van der Waals surface area contributed by atoms with E-state index in [1.807, 2.05) is 4.57 Å². The second-order valence-corrected chi connectivity index (χ2v) is 10.5. The number of hydrogen-bond donors (Lipinski definition) is 1. The van der Waals surface area contributed by atoms with Gasteiger partial charge in [-0.1, -0.05) is 27.1 Å². The molecular weight excluding hydrogens is 220 g/mol. The van der Waals surface area contributed by atoms with Crippen molar-refractivity contribution in [1.82, 2.24) is 9.55 Å². The van der Waals surface area contributed by atoms with Gasteiger partial charge in [-0.2, -0.15) is 0 Å². The van der Waals surface area contributed by atoms with Gasteiger partial charge in [-0.15, -0.1) is 0 Å². The first-order valence-electron chi connectivity index (χ1n) is 5.20. The Labute approximate surface area is 99.3 Å². The number of aromatic nitrogens is 2. The maximum atomic E-state index is 8.98. The quantitative estimate of drug-likeness (QED) is 0.617. The van der Waals surface area contributed by atoms with E-state index >= 15 is 0 Å². The molecule has 1 heterocycles. The highest BCUT2D eigenvalue weighted by molar-refractivity contribution is 6.76. The maximum Gasteiger partial charge on any atom is 0.124 e. The third-order valence-electron chi connectivity index (χ3n) is 2.19. The molecule has 1 rings (SSSR count). The summed E-state index contributed by atoms with van der Waals surface area (Å²) >= 11 is 0. The molecule has 0 atom stereocenters. The molecule has 1 N–H and O–H groups in total. The van der Waals surface area contributed by atoms with Gasteiger partial charge in [0, 0.05) is 14.7 Å². The summed E-state index contributed by atoms with van der Waals surface area (Å²) in [5.41, 5.74) is 0.794. The first-order chi connectivity index (χ1) is 7.03. The average molecular weight is 244 g/mol. The normalized spacial score (nSPS) is 11.2. The predicted octanol–water partition coefficient (Wildman–Crippen LogP) is 2.32. The molecule has 1 aromatic rings. The maximum absolute atomic E-state index is 8.98. The van der Waals surface area contributed by atoms with Crippen LogP contribution in [0.4, 0.5) is 0 Å². The van der Waals surface area contributed by atoms with E-state index in [1.54, 1.807) is 12.5 Å². The van der Waals surface area contributed by atoms with Crippen LogP contribution in [-0.2, 0) is 18.1 Å². The van der Waals surface area contributed by atoms with Crippen molar-refractivity contribution < 1.29 is 9.84 Å². The van der Waals surface area contributed by atoms with Crippen LogP contribution in [0, 0.1) is 0 Å². The van der Waals surface area contributed by atoms with Gasteiger partial charge in [-0.25, -0.2) is 4.98 Å². The lowest BCUT2D eigenvalue weighted by atomic mass is 10.5. The number of rotatable bonds is 6. The molecule has 4 nitrogen and oxygen atoms in total. The summed E-state index contributed by atoms with van der Waals surface area (Å²) in [7, 11) is -1.00. The van der Waals surface area contributed by atoms with Crippen LogP contribution in [0.1, 0.15) is 13.1 Å². The van der Waals surface area contributed by atoms with Crippen LogP contribution < -0.4 is 0 Å². The molecule has 5 heteroatoms. The number of aliphatic hydroxyl groups is 1. The number of imidazole rings is 1. The first-order valence-corrected chi connectivity index (χ1v) is 8.91. The molecule has 94 valence electrons. The summed E-state index contributed by atoms with van der Waals surface area (Å²) in [5.74, 6) is 0. The second kappa shape index (κ2) is 6.83. The molecule has 0 bridgehead atoms. The van der Waals surface area contributed by atoms with Crippen LogP contribution in [0.5, 0.6) is 0 Å². The largest absolute Gasteiger partial charge is 0.390 e. The van der Waals surface area contributed by atoms with Crippen LogP contribution >= 0.6 is 0 Å². The second-order valence-electron chi connectivity index (χ2n) is 4.86. The predicted molar refractivity (Wildman–Crippen MR) is 69.0 cm³/mol. The Kier molecular flexibility index (Phi) is 6.55. The monoisotopic (exact) mass is 244 g/mol. The van der Waals surface area contributed by atoms with Crippen molar-refractivity contribution >= 4 is 8.07 Å². The zero-order valence-electron chi connectivity index (χ0n) is 9.73. The van der Waals surface area contributed by atoms with E-state index in [9.17, 15) is 0 Å². The fourth-order valence-corrected chi connectivity index (χ4v) is 1.89. The highest BCUT2D eigenvalue weighted by atomic mass is 28.3. The summed E-state index contributed by atoms with van der Waals surface area (Å²) < 4.78 is 7.37. The molecule has 0 aliphatic rings. The van der Waals surface area contributed by atoms with Gasteiger partial charge in [0.1, 0.15) is 6.73 Å². The third kappa shape index (κ3) is 5.44. The summed E-state index contributed by atoms with van der Waals surface area (Å²) in [5, 5.41) is 8.98. The number of hydrogen-bond acceptors (Lipinski definition) is 3. The van der Waals surface area contributed by atoms with Crippen LogP contribution in [0.25, 0.3) is 0 Å². The molecule has 0 spiro atoms. The molecule has 0 aliphatic carbocycles. The van der Waals surface area contributed by atoms with Crippen molar-refractivity contribution in [3.8, 4) is 0 Å². The average Bonchev–Trinajstić information content (AvgIpc) is 2.58. The molecule has 0 aliphatic heterocycles. The molecule has 16 heavy (non-hydrogen) atoms. The Morgan fingerprint density at radius 2 is 2.12 bits per heavy atom. The zero-order valence-corrected chi connectivity index (χ0v) is 10.7.